The number of carbonyl (C=O) groups is 1. The van der Waals surface area contributed by atoms with Gasteiger partial charge in [0.25, 0.3) is 0 Å². The molecule has 1 N–H and O–H groups in total. The predicted molar refractivity (Wildman–Crippen MR) is 90.7 cm³/mol. The molecule has 0 fully saturated rings. The van der Waals surface area contributed by atoms with Gasteiger partial charge in [-0.2, -0.15) is 0 Å². The molecule has 1 aliphatic heterocycles. The Morgan fingerprint density at radius 2 is 2.00 bits per heavy atom. The van der Waals surface area contributed by atoms with Gasteiger partial charge < -0.3 is 5.11 Å². The summed E-state index contributed by atoms with van der Waals surface area (Å²) in [6.45, 7) is 14.5. The Morgan fingerprint density at radius 3 is 2.50 bits per heavy atom. The number of likely N-dealkylation sites (N-methyl/N-ethyl adjacent to an activating group) is 1. The van der Waals surface area contributed by atoms with E-state index in [0.717, 1.165) is 25.2 Å². The number of fused-ring (bicyclic) bond motifs is 1. The fourth-order valence-electron chi connectivity index (χ4n) is 3.57. The molecule has 4 nitrogen and oxygen atoms in total. The maximum absolute atomic E-state index is 11.7. The van der Waals surface area contributed by atoms with Crippen LogP contribution in [0.15, 0.2) is 18.2 Å². The van der Waals surface area contributed by atoms with E-state index in [9.17, 15) is 9.90 Å². The Bertz CT molecular complexity index is 573. The molecule has 1 aromatic rings. The van der Waals surface area contributed by atoms with Gasteiger partial charge in [-0.3, -0.25) is 9.80 Å². The Labute approximate surface area is 133 Å². The van der Waals surface area contributed by atoms with Crippen molar-refractivity contribution in [1.29, 1.82) is 0 Å². The van der Waals surface area contributed by atoms with Crippen molar-refractivity contribution in [3.63, 3.8) is 0 Å². The average Bonchev–Trinajstić information content (AvgIpc) is 2.36. The molecule has 0 saturated heterocycles. The van der Waals surface area contributed by atoms with Gasteiger partial charge in [-0.25, -0.2) is 4.79 Å². The highest BCUT2D eigenvalue weighted by Gasteiger charge is 2.35. The van der Waals surface area contributed by atoms with Crippen molar-refractivity contribution in [3.8, 4) is 0 Å². The van der Waals surface area contributed by atoms with Crippen LogP contribution in [0.3, 0.4) is 0 Å². The third kappa shape index (κ3) is 2.84. The Balaban J connectivity index is 2.47. The number of nitrogens with zero attached hydrogens (tertiary/aromatic N) is 2. The molecule has 0 atom stereocenters. The second kappa shape index (κ2) is 5.58. The summed E-state index contributed by atoms with van der Waals surface area (Å²) in [5.74, 6) is 0. The lowest BCUT2D eigenvalue weighted by Crippen LogP contribution is -2.47. The highest BCUT2D eigenvalue weighted by Crippen LogP contribution is 2.37. The number of hydrogen-bond donors (Lipinski definition) is 1. The first-order valence-electron chi connectivity index (χ1n) is 8.00. The number of carboxylic acid groups (broad SMARTS) is 1. The van der Waals surface area contributed by atoms with Crippen molar-refractivity contribution in [2.75, 3.05) is 18.0 Å². The van der Waals surface area contributed by atoms with Gasteiger partial charge >= 0.3 is 6.09 Å². The normalized spacial score (nSPS) is 17.9. The monoisotopic (exact) mass is 304 g/mol. The molecule has 122 valence electrons. The van der Waals surface area contributed by atoms with Crippen LogP contribution in [0.1, 0.15) is 52.7 Å². The summed E-state index contributed by atoms with van der Waals surface area (Å²) in [5, 5.41) is 9.57. The van der Waals surface area contributed by atoms with Crippen molar-refractivity contribution >= 4 is 11.8 Å². The van der Waals surface area contributed by atoms with E-state index in [1.807, 2.05) is 26.8 Å². The van der Waals surface area contributed by atoms with E-state index in [0.29, 0.717) is 0 Å². The summed E-state index contributed by atoms with van der Waals surface area (Å²) in [6.07, 6.45) is 0.0654. The SMILES string of the molecule is CCN1CCc2cc(N(C(=O)O)C(C)(C)C)ccc2C1(C)C. The molecule has 22 heavy (non-hydrogen) atoms. The van der Waals surface area contributed by atoms with E-state index in [2.05, 4.69) is 37.8 Å². The third-order valence-electron chi connectivity index (χ3n) is 4.69. The highest BCUT2D eigenvalue weighted by molar-refractivity contribution is 5.87. The number of benzene rings is 1. The molecule has 2 rings (SSSR count). The van der Waals surface area contributed by atoms with E-state index in [4.69, 9.17) is 0 Å². The molecule has 1 aromatic carbocycles. The predicted octanol–water partition coefficient (Wildman–Crippen LogP) is 4.08. The van der Waals surface area contributed by atoms with Crippen LogP contribution in [0.4, 0.5) is 10.5 Å². The summed E-state index contributed by atoms with van der Waals surface area (Å²) in [4.78, 5) is 15.6. The van der Waals surface area contributed by atoms with E-state index >= 15 is 0 Å². The Hall–Kier alpha value is -1.55. The quantitative estimate of drug-likeness (QED) is 0.895. The third-order valence-corrected chi connectivity index (χ3v) is 4.69. The molecule has 1 heterocycles. The smallest absolute Gasteiger partial charge is 0.412 e. The first kappa shape index (κ1) is 16.8. The van der Waals surface area contributed by atoms with Crippen LogP contribution in [0, 0.1) is 0 Å². The lowest BCUT2D eigenvalue weighted by Gasteiger charge is -2.44. The van der Waals surface area contributed by atoms with Gasteiger partial charge in [0.2, 0.25) is 0 Å². The minimum atomic E-state index is -0.905. The second-order valence-corrected chi connectivity index (χ2v) is 7.52. The minimum Gasteiger partial charge on any atom is -0.465 e. The molecule has 0 bridgehead atoms. The van der Waals surface area contributed by atoms with Crippen LogP contribution in [0.5, 0.6) is 0 Å². The summed E-state index contributed by atoms with van der Waals surface area (Å²) >= 11 is 0. The van der Waals surface area contributed by atoms with Crippen molar-refractivity contribution in [2.24, 2.45) is 0 Å². The summed E-state index contributed by atoms with van der Waals surface area (Å²) < 4.78 is 0. The second-order valence-electron chi connectivity index (χ2n) is 7.52. The van der Waals surface area contributed by atoms with Crippen LogP contribution >= 0.6 is 0 Å². The minimum absolute atomic E-state index is 0.00332. The maximum Gasteiger partial charge on any atom is 0.412 e. The zero-order valence-corrected chi connectivity index (χ0v) is 14.6. The molecule has 0 spiro atoms. The van der Waals surface area contributed by atoms with Gasteiger partial charge in [-0.05, 0) is 70.8 Å². The van der Waals surface area contributed by atoms with E-state index in [1.54, 1.807) is 0 Å². The molecule has 0 aliphatic carbocycles. The van der Waals surface area contributed by atoms with E-state index in [-0.39, 0.29) is 5.54 Å². The van der Waals surface area contributed by atoms with Crippen molar-refractivity contribution in [3.05, 3.63) is 29.3 Å². The van der Waals surface area contributed by atoms with Crippen LogP contribution in [-0.4, -0.2) is 34.7 Å². The molecule has 1 amide bonds. The van der Waals surface area contributed by atoms with Crippen molar-refractivity contribution in [1.82, 2.24) is 4.90 Å². The first-order chi connectivity index (χ1) is 10.1. The van der Waals surface area contributed by atoms with Crippen LogP contribution in [0.2, 0.25) is 0 Å². The molecular formula is C18H28N2O2. The Kier molecular flexibility index (Phi) is 4.26. The van der Waals surface area contributed by atoms with Gasteiger partial charge in [0.15, 0.2) is 0 Å². The number of hydrogen-bond acceptors (Lipinski definition) is 2. The standard InChI is InChI=1S/C18H28N2O2/c1-7-19-11-10-13-12-14(8-9-15(13)18(19,5)6)20(16(21)22)17(2,3)4/h8-9,12H,7,10-11H2,1-6H3,(H,21,22). The number of anilines is 1. The molecule has 1 aliphatic rings. The maximum atomic E-state index is 11.7. The van der Waals surface area contributed by atoms with Gasteiger partial charge in [0.05, 0.1) is 0 Å². The van der Waals surface area contributed by atoms with E-state index < -0.39 is 11.6 Å². The first-order valence-corrected chi connectivity index (χ1v) is 8.00. The molecule has 0 saturated carbocycles. The van der Waals surface area contributed by atoms with Crippen molar-refractivity contribution in [2.45, 2.75) is 59.0 Å². The highest BCUT2D eigenvalue weighted by atomic mass is 16.4. The molecular weight excluding hydrogens is 276 g/mol. The van der Waals surface area contributed by atoms with Gasteiger partial charge in [0.1, 0.15) is 0 Å². The van der Waals surface area contributed by atoms with Crippen LogP contribution in [0.25, 0.3) is 0 Å². The Morgan fingerprint density at radius 1 is 1.36 bits per heavy atom. The molecule has 0 radical (unpaired) electrons. The molecule has 4 heteroatoms. The molecule has 0 unspecified atom stereocenters. The van der Waals surface area contributed by atoms with Crippen LogP contribution < -0.4 is 4.90 Å². The summed E-state index contributed by atoms with van der Waals surface area (Å²) in [5.41, 5.74) is 2.88. The average molecular weight is 304 g/mol. The van der Waals surface area contributed by atoms with Crippen molar-refractivity contribution < 1.29 is 9.90 Å². The van der Waals surface area contributed by atoms with Crippen LogP contribution in [-0.2, 0) is 12.0 Å². The molecule has 0 aromatic heterocycles. The lowest BCUT2D eigenvalue weighted by molar-refractivity contribution is 0.115. The zero-order chi connectivity index (χ0) is 16.7. The number of rotatable bonds is 2. The van der Waals surface area contributed by atoms with E-state index in [1.165, 1.54) is 16.0 Å². The lowest BCUT2D eigenvalue weighted by atomic mass is 9.83. The largest absolute Gasteiger partial charge is 0.465 e. The number of amides is 1. The fourth-order valence-corrected chi connectivity index (χ4v) is 3.57. The van der Waals surface area contributed by atoms with Gasteiger partial charge in [-0.15, -0.1) is 0 Å². The summed E-state index contributed by atoms with van der Waals surface area (Å²) in [7, 11) is 0. The fraction of sp³-hybridized carbons (Fsp3) is 0.611. The summed E-state index contributed by atoms with van der Waals surface area (Å²) in [6, 6.07) is 6.11. The topological polar surface area (TPSA) is 43.8 Å². The van der Waals surface area contributed by atoms with Gasteiger partial charge in [0, 0.05) is 23.3 Å². The van der Waals surface area contributed by atoms with Gasteiger partial charge in [-0.1, -0.05) is 13.0 Å². The zero-order valence-electron chi connectivity index (χ0n) is 14.6.